The summed E-state index contributed by atoms with van der Waals surface area (Å²) in [5, 5.41) is 10.8. The van der Waals surface area contributed by atoms with E-state index in [0.717, 1.165) is 22.7 Å². The van der Waals surface area contributed by atoms with Crippen LogP contribution in [0.5, 0.6) is 0 Å². The quantitative estimate of drug-likeness (QED) is 0.739. The van der Waals surface area contributed by atoms with Crippen LogP contribution in [0.4, 0.5) is 10.6 Å². The molecule has 1 aliphatic carbocycles. The van der Waals surface area contributed by atoms with Gasteiger partial charge in [0.15, 0.2) is 5.82 Å². The Labute approximate surface area is 150 Å². The van der Waals surface area contributed by atoms with E-state index in [1.165, 1.54) is 0 Å². The SMILES string of the molecule is O=C(Nc1ccn(-c2ccccc2)n1)NC1CC1c1cccc(Cl)c1. The molecule has 6 heteroatoms. The molecule has 126 valence electrons. The van der Waals surface area contributed by atoms with Crippen molar-refractivity contribution in [2.75, 3.05) is 5.32 Å². The Bertz CT molecular complexity index is 893. The molecule has 2 atom stereocenters. The number of halogens is 1. The minimum atomic E-state index is -0.243. The number of anilines is 1. The van der Waals surface area contributed by atoms with Crippen LogP contribution in [0.3, 0.4) is 0 Å². The molecule has 1 saturated carbocycles. The molecule has 2 unspecified atom stereocenters. The van der Waals surface area contributed by atoms with Gasteiger partial charge in [-0.1, -0.05) is 41.9 Å². The first-order valence-electron chi connectivity index (χ1n) is 8.13. The molecule has 1 fully saturated rings. The van der Waals surface area contributed by atoms with Gasteiger partial charge in [0.1, 0.15) is 0 Å². The molecule has 0 spiro atoms. The fourth-order valence-electron chi connectivity index (χ4n) is 2.90. The Balaban J connectivity index is 1.34. The molecule has 2 aromatic carbocycles. The van der Waals surface area contributed by atoms with E-state index in [1.54, 1.807) is 10.7 Å². The lowest BCUT2D eigenvalue weighted by Crippen LogP contribution is -2.31. The van der Waals surface area contributed by atoms with Gasteiger partial charge in [-0.05, 0) is 36.2 Å². The Morgan fingerprint density at radius 3 is 2.76 bits per heavy atom. The maximum atomic E-state index is 12.2. The van der Waals surface area contributed by atoms with Crippen molar-refractivity contribution in [3.05, 3.63) is 77.4 Å². The Morgan fingerprint density at radius 1 is 1.12 bits per heavy atom. The summed E-state index contributed by atoms with van der Waals surface area (Å²) in [6.45, 7) is 0. The molecule has 4 rings (SSSR count). The van der Waals surface area contributed by atoms with Gasteiger partial charge >= 0.3 is 6.03 Å². The maximum absolute atomic E-state index is 12.2. The molecular weight excluding hydrogens is 336 g/mol. The maximum Gasteiger partial charge on any atom is 0.320 e. The molecule has 0 aliphatic heterocycles. The van der Waals surface area contributed by atoms with Crippen LogP contribution in [-0.4, -0.2) is 21.9 Å². The zero-order valence-corrected chi connectivity index (χ0v) is 14.1. The van der Waals surface area contributed by atoms with Crippen molar-refractivity contribution in [2.45, 2.75) is 18.4 Å². The van der Waals surface area contributed by atoms with Gasteiger partial charge in [-0.2, -0.15) is 0 Å². The van der Waals surface area contributed by atoms with Gasteiger partial charge in [-0.3, -0.25) is 5.32 Å². The first-order chi connectivity index (χ1) is 12.2. The number of hydrogen-bond acceptors (Lipinski definition) is 2. The first kappa shape index (κ1) is 15.7. The van der Waals surface area contributed by atoms with E-state index in [1.807, 2.05) is 60.8 Å². The second-order valence-corrected chi connectivity index (χ2v) is 6.52. The third-order valence-corrected chi connectivity index (χ3v) is 4.47. The van der Waals surface area contributed by atoms with Crippen LogP contribution in [-0.2, 0) is 0 Å². The molecule has 2 amide bonds. The summed E-state index contributed by atoms with van der Waals surface area (Å²) in [6.07, 6.45) is 2.74. The fourth-order valence-corrected chi connectivity index (χ4v) is 3.09. The van der Waals surface area contributed by atoms with Gasteiger partial charge < -0.3 is 5.32 Å². The molecule has 5 nitrogen and oxygen atoms in total. The molecule has 0 bridgehead atoms. The second kappa shape index (κ2) is 6.61. The van der Waals surface area contributed by atoms with E-state index in [0.29, 0.717) is 11.7 Å². The van der Waals surface area contributed by atoms with Gasteiger partial charge in [0.05, 0.1) is 5.69 Å². The predicted octanol–water partition coefficient (Wildman–Crippen LogP) is 4.20. The van der Waals surface area contributed by atoms with Crippen molar-refractivity contribution in [2.24, 2.45) is 0 Å². The molecule has 0 radical (unpaired) electrons. The van der Waals surface area contributed by atoms with Crippen LogP contribution in [0.25, 0.3) is 5.69 Å². The van der Waals surface area contributed by atoms with Crippen LogP contribution in [0, 0.1) is 0 Å². The van der Waals surface area contributed by atoms with Crippen LogP contribution in [0.1, 0.15) is 17.9 Å². The summed E-state index contributed by atoms with van der Waals surface area (Å²) >= 11 is 6.02. The third kappa shape index (κ3) is 3.67. The highest BCUT2D eigenvalue weighted by atomic mass is 35.5. The van der Waals surface area contributed by atoms with E-state index in [-0.39, 0.29) is 12.1 Å². The highest BCUT2D eigenvalue weighted by Gasteiger charge is 2.39. The average molecular weight is 353 g/mol. The zero-order chi connectivity index (χ0) is 17.2. The topological polar surface area (TPSA) is 59.0 Å². The van der Waals surface area contributed by atoms with Gasteiger partial charge in [0, 0.05) is 29.2 Å². The third-order valence-electron chi connectivity index (χ3n) is 4.24. The van der Waals surface area contributed by atoms with E-state index in [2.05, 4.69) is 15.7 Å². The van der Waals surface area contributed by atoms with E-state index in [9.17, 15) is 4.79 Å². The lowest BCUT2D eigenvalue weighted by molar-refractivity contribution is 0.251. The van der Waals surface area contributed by atoms with E-state index < -0.39 is 0 Å². The van der Waals surface area contributed by atoms with Crippen molar-refractivity contribution in [1.82, 2.24) is 15.1 Å². The van der Waals surface area contributed by atoms with Crippen LogP contribution in [0.2, 0.25) is 5.02 Å². The molecule has 2 N–H and O–H groups in total. The number of aromatic nitrogens is 2. The Morgan fingerprint density at radius 2 is 1.96 bits per heavy atom. The number of nitrogens with zero attached hydrogens (tertiary/aromatic N) is 2. The van der Waals surface area contributed by atoms with E-state index in [4.69, 9.17) is 11.6 Å². The van der Waals surface area contributed by atoms with Crippen LogP contribution >= 0.6 is 11.6 Å². The zero-order valence-electron chi connectivity index (χ0n) is 13.4. The molecule has 1 aliphatic rings. The molecule has 0 saturated heterocycles. The van der Waals surface area contributed by atoms with Crippen molar-refractivity contribution in [3.63, 3.8) is 0 Å². The summed E-state index contributed by atoms with van der Waals surface area (Å²) in [6, 6.07) is 19.2. The predicted molar refractivity (Wildman–Crippen MR) is 98.3 cm³/mol. The standard InChI is InChI=1S/C19H17ClN4O/c20-14-6-4-5-13(11-14)16-12-17(16)21-19(25)22-18-9-10-24(23-18)15-7-2-1-3-8-15/h1-11,16-17H,12H2,(H2,21,22,23,25). The van der Waals surface area contributed by atoms with E-state index >= 15 is 0 Å². The van der Waals surface area contributed by atoms with Crippen molar-refractivity contribution in [1.29, 1.82) is 0 Å². The van der Waals surface area contributed by atoms with Crippen molar-refractivity contribution in [3.8, 4) is 5.69 Å². The van der Waals surface area contributed by atoms with Crippen molar-refractivity contribution < 1.29 is 4.79 Å². The summed E-state index contributed by atoms with van der Waals surface area (Å²) in [7, 11) is 0. The summed E-state index contributed by atoms with van der Waals surface area (Å²) in [5.74, 6) is 0.840. The Hall–Kier alpha value is -2.79. The number of para-hydroxylation sites is 1. The molecule has 1 heterocycles. The minimum absolute atomic E-state index is 0.134. The van der Waals surface area contributed by atoms with Gasteiger partial charge in [0.2, 0.25) is 0 Å². The van der Waals surface area contributed by atoms with Gasteiger partial charge in [-0.25, -0.2) is 9.48 Å². The second-order valence-electron chi connectivity index (χ2n) is 6.08. The number of hydrogen-bond donors (Lipinski definition) is 2. The number of amides is 2. The number of carbonyl (C=O) groups is 1. The van der Waals surface area contributed by atoms with Crippen molar-refractivity contribution >= 4 is 23.4 Å². The highest BCUT2D eigenvalue weighted by molar-refractivity contribution is 6.30. The summed E-state index contributed by atoms with van der Waals surface area (Å²) in [4.78, 5) is 12.2. The minimum Gasteiger partial charge on any atom is -0.334 e. The van der Waals surface area contributed by atoms with Gasteiger partial charge in [0.25, 0.3) is 0 Å². The number of carbonyl (C=O) groups excluding carboxylic acids is 1. The summed E-state index contributed by atoms with van der Waals surface area (Å²) < 4.78 is 1.72. The lowest BCUT2D eigenvalue weighted by atomic mass is 10.1. The number of nitrogens with one attached hydrogen (secondary N) is 2. The monoisotopic (exact) mass is 352 g/mol. The fraction of sp³-hybridized carbons (Fsp3) is 0.158. The molecule has 25 heavy (non-hydrogen) atoms. The number of urea groups is 1. The number of benzene rings is 2. The number of rotatable bonds is 4. The molecule has 3 aromatic rings. The molecular formula is C19H17ClN4O. The lowest BCUT2D eigenvalue weighted by Gasteiger charge is -2.06. The summed E-state index contributed by atoms with van der Waals surface area (Å²) in [5.41, 5.74) is 2.10. The largest absolute Gasteiger partial charge is 0.334 e. The normalized spacial score (nSPS) is 18.6. The average Bonchev–Trinajstić information content (AvgIpc) is 3.22. The smallest absolute Gasteiger partial charge is 0.320 e. The Kier molecular flexibility index (Phi) is 4.15. The molecule has 1 aromatic heterocycles. The first-order valence-corrected chi connectivity index (χ1v) is 8.51. The van der Waals surface area contributed by atoms with Gasteiger partial charge in [-0.15, -0.1) is 5.10 Å². The van der Waals surface area contributed by atoms with Crippen LogP contribution in [0.15, 0.2) is 66.9 Å². The van der Waals surface area contributed by atoms with Crippen LogP contribution < -0.4 is 10.6 Å². The highest BCUT2D eigenvalue weighted by Crippen LogP contribution is 2.41.